The van der Waals surface area contributed by atoms with E-state index in [0.717, 1.165) is 18.4 Å². The Bertz CT molecular complexity index is 199. The molecule has 96 valence electrons. The van der Waals surface area contributed by atoms with E-state index in [0.29, 0.717) is 6.04 Å². The third-order valence-electron chi connectivity index (χ3n) is 4.09. The van der Waals surface area contributed by atoms with Crippen LogP contribution in [-0.4, -0.2) is 23.8 Å². The van der Waals surface area contributed by atoms with Crippen molar-refractivity contribution in [2.24, 2.45) is 17.3 Å². The molecule has 0 spiro atoms. The van der Waals surface area contributed by atoms with Crippen molar-refractivity contribution in [3.63, 3.8) is 0 Å². The van der Waals surface area contributed by atoms with Gasteiger partial charge < -0.3 is 10.4 Å². The van der Waals surface area contributed by atoms with Crippen molar-refractivity contribution in [3.05, 3.63) is 0 Å². The number of rotatable bonds is 3. The molecule has 0 aromatic carbocycles. The maximum absolute atomic E-state index is 10.0. The van der Waals surface area contributed by atoms with Gasteiger partial charge in [-0.15, -0.1) is 0 Å². The molecule has 1 aliphatic carbocycles. The Morgan fingerprint density at radius 3 is 2.12 bits per heavy atom. The summed E-state index contributed by atoms with van der Waals surface area (Å²) in [6.45, 7) is 11.7. The fraction of sp³-hybridized carbons (Fsp3) is 1.00. The zero-order valence-corrected chi connectivity index (χ0v) is 11.6. The number of nitrogens with one attached hydrogen (secondary N) is 1. The molecule has 0 bridgehead atoms. The summed E-state index contributed by atoms with van der Waals surface area (Å²) in [7, 11) is 0. The lowest BCUT2D eigenvalue weighted by Gasteiger charge is -2.37. The molecule has 1 fully saturated rings. The van der Waals surface area contributed by atoms with Crippen LogP contribution >= 0.6 is 0 Å². The molecule has 3 unspecified atom stereocenters. The average Bonchev–Trinajstić information content (AvgIpc) is 2.15. The van der Waals surface area contributed by atoms with Gasteiger partial charge in [0, 0.05) is 12.6 Å². The molecule has 1 saturated carbocycles. The SMILES string of the molecule is CC1CCCC(C)C1NCC(O)C(C)(C)C. The largest absolute Gasteiger partial charge is 0.391 e. The van der Waals surface area contributed by atoms with Gasteiger partial charge in [0.25, 0.3) is 0 Å². The van der Waals surface area contributed by atoms with E-state index in [1.807, 2.05) is 0 Å². The van der Waals surface area contributed by atoms with Crippen LogP contribution in [0, 0.1) is 17.3 Å². The molecule has 2 N–H and O–H groups in total. The lowest BCUT2D eigenvalue weighted by Crippen LogP contribution is -2.47. The van der Waals surface area contributed by atoms with Gasteiger partial charge in [0.05, 0.1) is 6.10 Å². The summed E-state index contributed by atoms with van der Waals surface area (Å²) in [6, 6.07) is 0.589. The van der Waals surface area contributed by atoms with Gasteiger partial charge in [0.2, 0.25) is 0 Å². The summed E-state index contributed by atoms with van der Waals surface area (Å²) < 4.78 is 0. The molecule has 0 aromatic heterocycles. The molecule has 1 rings (SSSR count). The molecule has 0 aromatic rings. The predicted octanol–water partition coefficient (Wildman–Crippen LogP) is 2.81. The fourth-order valence-electron chi connectivity index (χ4n) is 2.64. The van der Waals surface area contributed by atoms with E-state index >= 15 is 0 Å². The first-order valence-electron chi connectivity index (χ1n) is 6.74. The Hall–Kier alpha value is -0.0800. The monoisotopic (exact) mass is 227 g/mol. The number of aliphatic hydroxyl groups excluding tert-OH is 1. The quantitative estimate of drug-likeness (QED) is 0.777. The van der Waals surface area contributed by atoms with E-state index in [2.05, 4.69) is 39.9 Å². The summed E-state index contributed by atoms with van der Waals surface area (Å²) in [5, 5.41) is 13.6. The molecular formula is C14H29NO. The van der Waals surface area contributed by atoms with Crippen LogP contribution in [0.1, 0.15) is 53.9 Å². The highest BCUT2D eigenvalue weighted by atomic mass is 16.3. The van der Waals surface area contributed by atoms with Gasteiger partial charge in [-0.1, -0.05) is 41.0 Å². The smallest absolute Gasteiger partial charge is 0.0712 e. The molecule has 2 nitrogen and oxygen atoms in total. The predicted molar refractivity (Wildman–Crippen MR) is 69.4 cm³/mol. The molecule has 1 aliphatic rings. The fourth-order valence-corrected chi connectivity index (χ4v) is 2.64. The van der Waals surface area contributed by atoms with Gasteiger partial charge in [0.1, 0.15) is 0 Å². The Labute approximate surface area is 101 Å². The van der Waals surface area contributed by atoms with E-state index in [1.165, 1.54) is 19.3 Å². The molecule has 0 heterocycles. The molecule has 0 amide bonds. The second-order valence-electron chi connectivity index (χ2n) is 6.70. The first-order valence-corrected chi connectivity index (χ1v) is 6.74. The van der Waals surface area contributed by atoms with Crippen LogP contribution in [-0.2, 0) is 0 Å². The first kappa shape index (κ1) is 14.0. The normalized spacial score (nSPS) is 33.8. The highest BCUT2D eigenvalue weighted by Gasteiger charge is 2.29. The molecular weight excluding hydrogens is 198 g/mol. The van der Waals surface area contributed by atoms with Crippen LogP contribution in [0.4, 0.5) is 0 Å². The third kappa shape index (κ3) is 3.74. The summed E-state index contributed by atoms with van der Waals surface area (Å²) >= 11 is 0. The minimum atomic E-state index is -0.256. The lowest BCUT2D eigenvalue weighted by molar-refractivity contribution is 0.0530. The van der Waals surface area contributed by atoms with Crippen molar-refractivity contribution in [2.75, 3.05) is 6.54 Å². The molecule has 0 aliphatic heterocycles. The van der Waals surface area contributed by atoms with Gasteiger partial charge in [-0.3, -0.25) is 0 Å². The minimum absolute atomic E-state index is 0.0197. The highest BCUT2D eigenvalue weighted by Crippen LogP contribution is 2.29. The van der Waals surface area contributed by atoms with E-state index < -0.39 is 0 Å². The van der Waals surface area contributed by atoms with Gasteiger partial charge in [-0.05, 0) is 30.1 Å². The third-order valence-corrected chi connectivity index (χ3v) is 4.09. The van der Waals surface area contributed by atoms with Crippen molar-refractivity contribution in [1.82, 2.24) is 5.32 Å². The van der Waals surface area contributed by atoms with Crippen LogP contribution in [0.15, 0.2) is 0 Å². The van der Waals surface area contributed by atoms with E-state index in [1.54, 1.807) is 0 Å². The topological polar surface area (TPSA) is 32.3 Å². The molecule has 0 saturated heterocycles. The number of hydrogen-bond donors (Lipinski definition) is 2. The van der Waals surface area contributed by atoms with Crippen molar-refractivity contribution in [1.29, 1.82) is 0 Å². The minimum Gasteiger partial charge on any atom is -0.391 e. The number of aliphatic hydroxyl groups is 1. The summed E-state index contributed by atoms with van der Waals surface area (Å²) in [6.07, 6.45) is 3.76. The summed E-state index contributed by atoms with van der Waals surface area (Å²) in [5.41, 5.74) is -0.0197. The summed E-state index contributed by atoms with van der Waals surface area (Å²) in [4.78, 5) is 0. The Kier molecular flexibility index (Phi) is 4.81. The van der Waals surface area contributed by atoms with Crippen LogP contribution in [0.5, 0.6) is 0 Å². The van der Waals surface area contributed by atoms with Crippen LogP contribution < -0.4 is 5.32 Å². The van der Waals surface area contributed by atoms with Gasteiger partial charge in [0.15, 0.2) is 0 Å². The Morgan fingerprint density at radius 1 is 1.19 bits per heavy atom. The van der Waals surface area contributed by atoms with Crippen LogP contribution in [0.2, 0.25) is 0 Å². The molecule has 3 atom stereocenters. The van der Waals surface area contributed by atoms with E-state index in [9.17, 15) is 5.11 Å². The van der Waals surface area contributed by atoms with E-state index in [-0.39, 0.29) is 11.5 Å². The van der Waals surface area contributed by atoms with Crippen molar-refractivity contribution in [3.8, 4) is 0 Å². The lowest BCUT2D eigenvalue weighted by atomic mass is 9.78. The Morgan fingerprint density at radius 2 is 1.69 bits per heavy atom. The van der Waals surface area contributed by atoms with E-state index in [4.69, 9.17) is 0 Å². The van der Waals surface area contributed by atoms with Gasteiger partial charge in [-0.25, -0.2) is 0 Å². The maximum Gasteiger partial charge on any atom is 0.0712 e. The van der Waals surface area contributed by atoms with Gasteiger partial charge >= 0.3 is 0 Å². The molecule has 16 heavy (non-hydrogen) atoms. The molecule has 2 heteroatoms. The Balaban J connectivity index is 2.41. The second kappa shape index (κ2) is 5.50. The van der Waals surface area contributed by atoms with Gasteiger partial charge in [-0.2, -0.15) is 0 Å². The average molecular weight is 227 g/mol. The van der Waals surface area contributed by atoms with Crippen LogP contribution in [0.25, 0.3) is 0 Å². The second-order valence-corrected chi connectivity index (χ2v) is 6.70. The maximum atomic E-state index is 10.0. The first-order chi connectivity index (χ1) is 7.32. The molecule has 0 radical (unpaired) electrons. The van der Waals surface area contributed by atoms with Crippen molar-refractivity contribution < 1.29 is 5.11 Å². The van der Waals surface area contributed by atoms with Crippen LogP contribution in [0.3, 0.4) is 0 Å². The zero-order chi connectivity index (χ0) is 12.3. The van der Waals surface area contributed by atoms with Crippen molar-refractivity contribution >= 4 is 0 Å². The number of hydrogen-bond acceptors (Lipinski definition) is 2. The zero-order valence-electron chi connectivity index (χ0n) is 11.6. The summed E-state index contributed by atoms with van der Waals surface area (Å²) in [5.74, 6) is 1.49. The standard InChI is InChI=1S/C14H29NO/c1-10-7-6-8-11(2)13(10)15-9-12(16)14(3,4)5/h10-13,15-16H,6-9H2,1-5H3. The van der Waals surface area contributed by atoms with Crippen molar-refractivity contribution in [2.45, 2.75) is 66.0 Å². The highest BCUT2D eigenvalue weighted by molar-refractivity contribution is 4.85.